The Morgan fingerprint density at radius 3 is 2.86 bits per heavy atom. The highest BCUT2D eigenvalue weighted by molar-refractivity contribution is 7.07. The summed E-state index contributed by atoms with van der Waals surface area (Å²) in [7, 11) is 1.54. The van der Waals surface area contributed by atoms with Gasteiger partial charge in [0, 0.05) is 25.1 Å². The smallest absolute Gasteiger partial charge is 0.233 e. The fourth-order valence-electron chi connectivity index (χ4n) is 2.38. The fourth-order valence-corrected chi connectivity index (χ4v) is 3.05. The van der Waals surface area contributed by atoms with Crippen LogP contribution in [-0.4, -0.2) is 47.3 Å². The summed E-state index contributed by atoms with van der Waals surface area (Å²) >= 11 is 1.61. The molecule has 22 heavy (non-hydrogen) atoms. The zero-order chi connectivity index (χ0) is 15.4. The van der Waals surface area contributed by atoms with Crippen molar-refractivity contribution in [1.29, 1.82) is 0 Å². The first kappa shape index (κ1) is 14.8. The van der Waals surface area contributed by atoms with Crippen molar-refractivity contribution in [2.75, 3.05) is 20.2 Å². The molecule has 1 unspecified atom stereocenters. The van der Waals surface area contributed by atoms with E-state index < -0.39 is 0 Å². The van der Waals surface area contributed by atoms with Gasteiger partial charge in [-0.25, -0.2) is 0 Å². The van der Waals surface area contributed by atoms with Gasteiger partial charge in [-0.2, -0.15) is 11.3 Å². The number of carbonyl (C=O) groups excluding carboxylic acids is 1. The topological polar surface area (TPSA) is 64.6 Å². The molecule has 1 saturated heterocycles. The summed E-state index contributed by atoms with van der Waals surface area (Å²) < 4.78 is 10.7. The first-order valence-electron chi connectivity index (χ1n) is 7.08. The summed E-state index contributed by atoms with van der Waals surface area (Å²) in [4.78, 5) is 14.1. The quantitative estimate of drug-likeness (QED) is 0.840. The van der Waals surface area contributed by atoms with Gasteiger partial charge in [-0.1, -0.05) is 0 Å². The zero-order valence-corrected chi connectivity index (χ0v) is 13.1. The Morgan fingerprint density at radius 1 is 1.36 bits per heavy atom. The number of thiophene rings is 1. The highest BCUT2D eigenvalue weighted by Crippen LogP contribution is 2.18. The molecule has 0 bridgehead atoms. The number of hydrogen-bond donors (Lipinski definition) is 0. The van der Waals surface area contributed by atoms with Gasteiger partial charge in [0.1, 0.15) is 6.10 Å². The molecule has 0 aromatic carbocycles. The second kappa shape index (κ2) is 6.74. The van der Waals surface area contributed by atoms with Crippen molar-refractivity contribution >= 4 is 17.2 Å². The predicted molar refractivity (Wildman–Crippen MR) is 82.2 cm³/mol. The van der Waals surface area contributed by atoms with Gasteiger partial charge in [0.05, 0.1) is 20.1 Å². The van der Waals surface area contributed by atoms with Crippen LogP contribution in [0.15, 0.2) is 29.0 Å². The molecule has 3 rings (SSSR count). The highest BCUT2D eigenvalue weighted by atomic mass is 32.1. The van der Waals surface area contributed by atoms with Crippen LogP contribution in [0.3, 0.4) is 0 Å². The monoisotopic (exact) mass is 319 g/mol. The normalized spacial score (nSPS) is 17.5. The van der Waals surface area contributed by atoms with E-state index in [1.165, 1.54) is 0 Å². The van der Waals surface area contributed by atoms with E-state index in [-0.39, 0.29) is 12.0 Å². The minimum absolute atomic E-state index is 0.0332. The van der Waals surface area contributed by atoms with Crippen LogP contribution < -0.4 is 9.47 Å². The molecule has 2 aromatic rings. The molecule has 2 aromatic heterocycles. The molecule has 0 radical (unpaired) electrons. The van der Waals surface area contributed by atoms with E-state index >= 15 is 0 Å². The molecule has 7 heteroatoms. The molecule has 0 spiro atoms. The van der Waals surface area contributed by atoms with Crippen LogP contribution in [0.4, 0.5) is 0 Å². The van der Waals surface area contributed by atoms with Crippen molar-refractivity contribution < 1.29 is 14.3 Å². The first-order chi connectivity index (χ1) is 10.7. The van der Waals surface area contributed by atoms with Crippen LogP contribution in [0.25, 0.3) is 0 Å². The number of aromatic nitrogens is 2. The Bertz CT molecular complexity index is 615. The Hall–Kier alpha value is -2.15. The van der Waals surface area contributed by atoms with Crippen LogP contribution in [0, 0.1) is 0 Å². The third-order valence-electron chi connectivity index (χ3n) is 3.55. The van der Waals surface area contributed by atoms with Gasteiger partial charge in [0.25, 0.3) is 0 Å². The summed E-state index contributed by atoms with van der Waals surface area (Å²) in [5.41, 5.74) is 1.07. The van der Waals surface area contributed by atoms with Gasteiger partial charge in [-0.3, -0.25) is 4.79 Å². The van der Waals surface area contributed by atoms with Crippen LogP contribution in [-0.2, 0) is 11.2 Å². The van der Waals surface area contributed by atoms with Crippen molar-refractivity contribution in [2.24, 2.45) is 0 Å². The average molecular weight is 319 g/mol. The molecule has 0 saturated carbocycles. The van der Waals surface area contributed by atoms with Crippen LogP contribution >= 0.6 is 11.3 Å². The predicted octanol–water partition coefficient (Wildman–Crippen LogP) is 1.77. The lowest BCUT2D eigenvalue weighted by Gasteiger charge is -2.16. The number of nitrogens with zero attached hydrogens (tertiary/aromatic N) is 3. The van der Waals surface area contributed by atoms with Crippen molar-refractivity contribution in [3.63, 3.8) is 0 Å². The standard InChI is InChI=1S/C15H17N3O3S/c1-20-13-2-3-14(17-16-13)21-12-4-6-18(9-12)15(19)8-11-5-7-22-10-11/h2-3,5,7,10,12H,4,6,8-9H2,1H3. The Labute approximate surface area is 132 Å². The number of likely N-dealkylation sites (tertiary alicyclic amines) is 1. The molecule has 0 N–H and O–H groups in total. The molecular weight excluding hydrogens is 302 g/mol. The summed E-state index contributed by atoms with van der Waals surface area (Å²) in [5, 5.41) is 11.8. The van der Waals surface area contributed by atoms with E-state index in [4.69, 9.17) is 9.47 Å². The summed E-state index contributed by atoms with van der Waals surface area (Å²) in [6.45, 7) is 1.31. The molecule has 6 nitrogen and oxygen atoms in total. The third kappa shape index (κ3) is 3.54. The lowest BCUT2D eigenvalue weighted by atomic mass is 10.2. The van der Waals surface area contributed by atoms with Crippen molar-refractivity contribution in [1.82, 2.24) is 15.1 Å². The molecular formula is C15H17N3O3S. The molecule has 0 aliphatic carbocycles. The van der Waals surface area contributed by atoms with E-state index in [1.807, 2.05) is 21.7 Å². The molecule has 1 aliphatic rings. The van der Waals surface area contributed by atoms with Gasteiger partial charge in [0.15, 0.2) is 0 Å². The van der Waals surface area contributed by atoms with Crippen LogP contribution in [0.5, 0.6) is 11.8 Å². The maximum absolute atomic E-state index is 12.2. The van der Waals surface area contributed by atoms with E-state index in [2.05, 4.69) is 10.2 Å². The van der Waals surface area contributed by atoms with Crippen molar-refractivity contribution in [3.05, 3.63) is 34.5 Å². The van der Waals surface area contributed by atoms with Gasteiger partial charge in [0.2, 0.25) is 17.7 Å². The molecule has 1 fully saturated rings. The Kier molecular flexibility index (Phi) is 4.53. The molecule has 1 aliphatic heterocycles. The summed E-state index contributed by atoms with van der Waals surface area (Å²) in [5.74, 6) is 1.05. The van der Waals surface area contributed by atoms with Crippen molar-refractivity contribution in [2.45, 2.75) is 18.9 Å². The van der Waals surface area contributed by atoms with Gasteiger partial charge in [-0.05, 0) is 22.4 Å². The number of hydrogen-bond acceptors (Lipinski definition) is 6. The van der Waals surface area contributed by atoms with E-state index in [0.717, 1.165) is 18.5 Å². The number of rotatable bonds is 5. The largest absolute Gasteiger partial charge is 0.480 e. The summed E-state index contributed by atoms with van der Waals surface area (Å²) in [6, 6.07) is 5.41. The number of amides is 1. The minimum atomic E-state index is -0.0332. The maximum atomic E-state index is 12.2. The zero-order valence-electron chi connectivity index (χ0n) is 12.3. The third-order valence-corrected chi connectivity index (χ3v) is 4.28. The van der Waals surface area contributed by atoms with Gasteiger partial charge >= 0.3 is 0 Å². The van der Waals surface area contributed by atoms with Gasteiger partial charge < -0.3 is 14.4 Å². The summed E-state index contributed by atoms with van der Waals surface area (Å²) in [6.07, 6.45) is 1.23. The minimum Gasteiger partial charge on any atom is -0.480 e. The molecule has 3 heterocycles. The Morgan fingerprint density at radius 2 is 2.18 bits per heavy atom. The van der Waals surface area contributed by atoms with Crippen LogP contribution in [0.2, 0.25) is 0 Å². The van der Waals surface area contributed by atoms with Gasteiger partial charge in [-0.15, -0.1) is 10.2 Å². The average Bonchev–Trinajstić information content (AvgIpc) is 3.20. The van der Waals surface area contributed by atoms with Crippen LogP contribution in [0.1, 0.15) is 12.0 Å². The lowest BCUT2D eigenvalue weighted by molar-refractivity contribution is -0.129. The molecule has 1 atom stereocenters. The molecule has 116 valence electrons. The highest BCUT2D eigenvalue weighted by Gasteiger charge is 2.27. The van der Waals surface area contributed by atoms with E-state index in [9.17, 15) is 4.79 Å². The SMILES string of the molecule is COc1ccc(OC2CCN(C(=O)Cc3ccsc3)C2)nn1. The second-order valence-corrected chi connectivity index (χ2v) is 5.87. The van der Waals surface area contributed by atoms with E-state index in [0.29, 0.717) is 24.7 Å². The van der Waals surface area contributed by atoms with E-state index in [1.54, 1.807) is 30.6 Å². The number of ether oxygens (including phenoxy) is 2. The maximum Gasteiger partial charge on any atom is 0.233 e. The Balaban J connectivity index is 1.52. The number of carbonyl (C=O) groups is 1. The number of methoxy groups -OCH3 is 1. The van der Waals surface area contributed by atoms with Crippen molar-refractivity contribution in [3.8, 4) is 11.8 Å². The fraction of sp³-hybridized carbons (Fsp3) is 0.400. The second-order valence-electron chi connectivity index (χ2n) is 5.09. The first-order valence-corrected chi connectivity index (χ1v) is 8.02. The molecule has 1 amide bonds. The lowest BCUT2D eigenvalue weighted by Crippen LogP contribution is -2.32.